The number of nitrogens with zero attached hydrogens (tertiary/aromatic N) is 5. The Kier molecular flexibility index (Phi) is 8.06. The number of aromatic nitrogens is 3. The van der Waals surface area contributed by atoms with Gasteiger partial charge in [-0.2, -0.15) is 23.0 Å². The maximum Gasteiger partial charge on any atom is 0.446 e. The molecular formula is C28H25F3N6O2S. The number of hydrogen-bond donors (Lipinski definition) is 1. The largest absolute Gasteiger partial charge is 0.446 e. The Morgan fingerprint density at radius 1 is 0.950 bits per heavy atom. The first-order chi connectivity index (χ1) is 19.3. The lowest BCUT2D eigenvalue weighted by Crippen LogP contribution is -2.49. The van der Waals surface area contributed by atoms with Crippen molar-refractivity contribution in [2.24, 2.45) is 0 Å². The van der Waals surface area contributed by atoms with E-state index in [1.165, 1.54) is 28.9 Å². The molecule has 0 radical (unpaired) electrons. The van der Waals surface area contributed by atoms with Gasteiger partial charge in [0.1, 0.15) is 5.69 Å². The summed E-state index contributed by atoms with van der Waals surface area (Å²) in [6.07, 6.45) is 5.03. The van der Waals surface area contributed by atoms with Crippen LogP contribution >= 0.6 is 11.8 Å². The van der Waals surface area contributed by atoms with Crippen LogP contribution in [0.1, 0.15) is 15.9 Å². The van der Waals surface area contributed by atoms with Gasteiger partial charge in [0.15, 0.2) is 0 Å². The fourth-order valence-corrected chi connectivity index (χ4v) is 5.06. The van der Waals surface area contributed by atoms with Crippen LogP contribution in [0.25, 0.3) is 5.69 Å². The first-order valence-corrected chi connectivity index (χ1v) is 13.3. The van der Waals surface area contributed by atoms with Crippen molar-refractivity contribution in [1.82, 2.24) is 19.7 Å². The SMILES string of the molecule is O=C(c1cccc(SC(F)(F)F)c1)N1CCN(c2cnn(-c3ccccc3)c(=O)c2NCc2cccnc2)CC1. The Labute approximate surface area is 232 Å². The highest BCUT2D eigenvalue weighted by molar-refractivity contribution is 8.00. The summed E-state index contributed by atoms with van der Waals surface area (Å²) in [4.78, 5) is 34.3. The van der Waals surface area contributed by atoms with Crippen LogP contribution in [0.2, 0.25) is 0 Å². The van der Waals surface area contributed by atoms with E-state index in [0.717, 1.165) is 5.56 Å². The van der Waals surface area contributed by atoms with Crippen molar-refractivity contribution in [1.29, 1.82) is 0 Å². The van der Waals surface area contributed by atoms with E-state index in [4.69, 9.17) is 0 Å². The van der Waals surface area contributed by atoms with Crippen molar-refractivity contribution < 1.29 is 18.0 Å². The fraction of sp³-hybridized carbons (Fsp3) is 0.214. The number of amides is 1. The summed E-state index contributed by atoms with van der Waals surface area (Å²) in [5, 5.41) is 7.68. The lowest BCUT2D eigenvalue weighted by molar-refractivity contribution is -0.0328. The number of nitrogens with one attached hydrogen (secondary N) is 1. The average Bonchev–Trinajstić information content (AvgIpc) is 2.96. The monoisotopic (exact) mass is 566 g/mol. The molecule has 40 heavy (non-hydrogen) atoms. The molecule has 0 bridgehead atoms. The molecule has 0 unspecified atom stereocenters. The van der Waals surface area contributed by atoms with Crippen LogP contribution in [0, 0.1) is 0 Å². The summed E-state index contributed by atoms with van der Waals surface area (Å²) < 4.78 is 39.7. The molecular weight excluding hydrogens is 541 g/mol. The molecule has 3 heterocycles. The van der Waals surface area contributed by atoms with E-state index in [1.54, 1.807) is 35.6 Å². The predicted molar refractivity (Wildman–Crippen MR) is 148 cm³/mol. The number of benzene rings is 2. The highest BCUT2D eigenvalue weighted by Crippen LogP contribution is 2.37. The third-order valence-corrected chi connectivity index (χ3v) is 7.09. The molecule has 2 aromatic heterocycles. The van der Waals surface area contributed by atoms with Gasteiger partial charge in [0, 0.05) is 55.6 Å². The average molecular weight is 567 g/mol. The second kappa shape index (κ2) is 11.8. The molecule has 1 aliphatic heterocycles. The van der Waals surface area contributed by atoms with E-state index < -0.39 is 5.51 Å². The normalized spacial score (nSPS) is 13.8. The van der Waals surface area contributed by atoms with E-state index >= 15 is 0 Å². The highest BCUT2D eigenvalue weighted by atomic mass is 32.2. The molecule has 4 aromatic rings. The van der Waals surface area contributed by atoms with Crippen LogP contribution in [0.4, 0.5) is 24.5 Å². The van der Waals surface area contributed by atoms with Crippen LogP contribution in [0.5, 0.6) is 0 Å². The van der Waals surface area contributed by atoms with Crippen molar-refractivity contribution in [3.8, 4) is 5.69 Å². The van der Waals surface area contributed by atoms with Gasteiger partial charge < -0.3 is 15.1 Å². The Hall–Kier alpha value is -4.32. The second-order valence-electron chi connectivity index (χ2n) is 9.03. The number of hydrogen-bond acceptors (Lipinski definition) is 7. The van der Waals surface area contributed by atoms with E-state index in [2.05, 4.69) is 15.4 Å². The summed E-state index contributed by atoms with van der Waals surface area (Å²) in [7, 11) is 0. The molecule has 1 fully saturated rings. The predicted octanol–water partition coefficient (Wildman–Crippen LogP) is 4.81. The van der Waals surface area contributed by atoms with Crippen LogP contribution in [-0.2, 0) is 6.54 Å². The molecule has 0 aliphatic carbocycles. The molecule has 0 spiro atoms. The Morgan fingerprint density at radius 2 is 1.73 bits per heavy atom. The van der Waals surface area contributed by atoms with E-state index in [9.17, 15) is 22.8 Å². The maximum atomic E-state index is 13.6. The summed E-state index contributed by atoms with van der Waals surface area (Å²) in [6.45, 7) is 1.87. The Bertz CT molecular complexity index is 1520. The van der Waals surface area contributed by atoms with Crippen molar-refractivity contribution in [3.05, 3.63) is 107 Å². The summed E-state index contributed by atoms with van der Waals surface area (Å²) >= 11 is -0.246. The molecule has 12 heteroatoms. The number of piperazine rings is 1. The zero-order valence-electron chi connectivity index (χ0n) is 21.2. The highest BCUT2D eigenvalue weighted by Gasteiger charge is 2.30. The Morgan fingerprint density at radius 3 is 2.42 bits per heavy atom. The van der Waals surface area contributed by atoms with Crippen molar-refractivity contribution in [3.63, 3.8) is 0 Å². The van der Waals surface area contributed by atoms with E-state index in [0.29, 0.717) is 49.8 Å². The molecule has 1 amide bonds. The lowest BCUT2D eigenvalue weighted by Gasteiger charge is -2.36. The third kappa shape index (κ3) is 6.45. The van der Waals surface area contributed by atoms with Gasteiger partial charge in [-0.3, -0.25) is 14.6 Å². The smallest absolute Gasteiger partial charge is 0.375 e. The molecule has 5 rings (SSSR count). The standard InChI is InChI=1S/C28H25F3N6O2S/c29-28(30,31)40-23-10-4-7-21(16-23)26(38)36-14-12-35(13-15-36)24-19-34-37(22-8-2-1-3-9-22)27(39)25(24)33-18-20-6-5-11-32-17-20/h1-11,16-17,19,33H,12-15,18H2. The van der Waals surface area contributed by atoms with Gasteiger partial charge in [-0.15, -0.1) is 0 Å². The second-order valence-corrected chi connectivity index (χ2v) is 10.2. The topological polar surface area (TPSA) is 83.4 Å². The van der Waals surface area contributed by atoms with Gasteiger partial charge in [0.2, 0.25) is 0 Å². The van der Waals surface area contributed by atoms with E-state index in [1.807, 2.05) is 35.2 Å². The molecule has 1 N–H and O–H groups in total. The van der Waals surface area contributed by atoms with Crippen LogP contribution in [0.15, 0.2) is 95.0 Å². The zero-order chi connectivity index (χ0) is 28.1. The number of thioether (sulfide) groups is 1. The fourth-order valence-electron chi connectivity index (χ4n) is 4.46. The summed E-state index contributed by atoms with van der Waals surface area (Å²) in [6, 6.07) is 18.4. The number of carbonyl (C=O) groups excluding carboxylic acids is 1. The van der Waals surface area contributed by atoms with Gasteiger partial charge in [-0.1, -0.05) is 30.3 Å². The van der Waals surface area contributed by atoms with Gasteiger partial charge in [-0.25, -0.2) is 0 Å². The molecule has 1 saturated heterocycles. The zero-order valence-corrected chi connectivity index (χ0v) is 22.0. The lowest BCUT2D eigenvalue weighted by atomic mass is 10.1. The summed E-state index contributed by atoms with van der Waals surface area (Å²) in [5.41, 5.74) is -2.03. The molecule has 0 saturated carbocycles. The number of alkyl halides is 3. The minimum Gasteiger partial charge on any atom is -0.375 e. The number of anilines is 2. The molecule has 0 atom stereocenters. The van der Waals surface area contributed by atoms with Crippen molar-refractivity contribution in [2.45, 2.75) is 16.9 Å². The number of rotatable bonds is 7. The first-order valence-electron chi connectivity index (χ1n) is 12.5. The van der Waals surface area contributed by atoms with Gasteiger partial charge in [0.25, 0.3) is 11.5 Å². The number of para-hydroxylation sites is 1. The quantitative estimate of drug-likeness (QED) is 0.322. The molecule has 2 aromatic carbocycles. The molecule has 1 aliphatic rings. The van der Waals surface area contributed by atoms with Gasteiger partial charge >= 0.3 is 5.51 Å². The molecule has 206 valence electrons. The van der Waals surface area contributed by atoms with Crippen molar-refractivity contribution in [2.75, 3.05) is 36.4 Å². The van der Waals surface area contributed by atoms with Crippen LogP contribution in [0.3, 0.4) is 0 Å². The van der Waals surface area contributed by atoms with Crippen LogP contribution in [-0.4, -0.2) is 57.3 Å². The number of carbonyl (C=O) groups is 1. The first kappa shape index (κ1) is 27.3. The van der Waals surface area contributed by atoms with Gasteiger partial charge in [-0.05, 0) is 53.7 Å². The molecule has 8 nitrogen and oxygen atoms in total. The number of halogens is 3. The van der Waals surface area contributed by atoms with E-state index in [-0.39, 0.29) is 33.7 Å². The third-order valence-electron chi connectivity index (χ3n) is 6.37. The summed E-state index contributed by atoms with van der Waals surface area (Å²) in [5.74, 6) is -0.336. The minimum atomic E-state index is -4.43. The minimum absolute atomic E-state index is 0.0358. The van der Waals surface area contributed by atoms with Crippen molar-refractivity contribution >= 4 is 29.0 Å². The maximum absolute atomic E-state index is 13.6. The van der Waals surface area contributed by atoms with Crippen LogP contribution < -0.4 is 15.8 Å². The Balaban J connectivity index is 1.35. The van der Waals surface area contributed by atoms with Gasteiger partial charge in [0.05, 0.1) is 17.6 Å². The number of pyridine rings is 1.